The lowest BCUT2D eigenvalue weighted by molar-refractivity contribution is 0.0685. The molecule has 1 fully saturated rings. The molecule has 2 aromatic heterocycles. The van der Waals surface area contributed by atoms with Crippen molar-refractivity contribution in [2.75, 3.05) is 32.7 Å². The van der Waals surface area contributed by atoms with Gasteiger partial charge in [0, 0.05) is 74.2 Å². The molecule has 0 spiro atoms. The lowest BCUT2D eigenvalue weighted by Crippen LogP contribution is -2.51. The fourth-order valence-electron chi connectivity index (χ4n) is 4.51. The van der Waals surface area contributed by atoms with Gasteiger partial charge >= 0.3 is 0 Å². The van der Waals surface area contributed by atoms with Gasteiger partial charge < -0.3 is 4.98 Å². The molecule has 1 unspecified atom stereocenters. The van der Waals surface area contributed by atoms with Crippen LogP contribution in [0.2, 0.25) is 0 Å². The van der Waals surface area contributed by atoms with Gasteiger partial charge in [0.05, 0.1) is 0 Å². The van der Waals surface area contributed by atoms with E-state index >= 15 is 0 Å². The average molecular weight is 332 g/mol. The Bertz CT molecular complexity index is 870. The highest BCUT2D eigenvalue weighted by atomic mass is 15.3. The summed E-state index contributed by atoms with van der Waals surface area (Å²) < 4.78 is 0. The second-order valence-electron chi connectivity index (χ2n) is 7.27. The molecule has 25 heavy (non-hydrogen) atoms. The molecule has 1 aromatic carbocycles. The van der Waals surface area contributed by atoms with Gasteiger partial charge in [0.1, 0.15) is 0 Å². The summed E-state index contributed by atoms with van der Waals surface area (Å²) in [6.45, 7) is 5.81. The van der Waals surface area contributed by atoms with E-state index in [2.05, 4.69) is 56.2 Å². The van der Waals surface area contributed by atoms with Crippen molar-refractivity contribution in [3.8, 4) is 0 Å². The van der Waals surface area contributed by atoms with Crippen molar-refractivity contribution in [3.05, 3.63) is 65.6 Å². The number of H-pyrrole nitrogens is 1. The molecule has 4 heteroatoms. The van der Waals surface area contributed by atoms with Crippen LogP contribution in [0.4, 0.5) is 0 Å². The Hall–Kier alpha value is -2.17. The van der Waals surface area contributed by atoms with Gasteiger partial charge in [-0.1, -0.05) is 18.2 Å². The number of piperazine rings is 1. The Morgan fingerprint density at radius 1 is 1.04 bits per heavy atom. The summed E-state index contributed by atoms with van der Waals surface area (Å²) in [7, 11) is 0. The molecule has 2 aliphatic rings. The van der Waals surface area contributed by atoms with Crippen LogP contribution in [-0.2, 0) is 12.8 Å². The average Bonchev–Trinajstić information content (AvgIpc) is 3.06. The Morgan fingerprint density at radius 2 is 1.92 bits per heavy atom. The Balaban J connectivity index is 1.38. The number of aromatic nitrogens is 2. The molecule has 1 atom stereocenters. The first-order chi connectivity index (χ1) is 12.4. The lowest BCUT2D eigenvalue weighted by Gasteiger charge is -2.44. The van der Waals surface area contributed by atoms with Gasteiger partial charge in [0.2, 0.25) is 0 Å². The zero-order chi connectivity index (χ0) is 16.6. The second kappa shape index (κ2) is 6.28. The third-order valence-corrected chi connectivity index (χ3v) is 5.85. The number of rotatable bonds is 3. The molecule has 1 N–H and O–H groups in total. The van der Waals surface area contributed by atoms with Crippen LogP contribution in [0, 0.1) is 0 Å². The Kier molecular flexibility index (Phi) is 3.80. The number of aromatic amines is 1. The fraction of sp³-hybridized carbons (Fsp3) is 0.381. The first kappa shape index (κ1) is 15.1. The topological polar surface area (TPSA) is 35.2 Å². The maximum atomic E-state index is 4.12. The Labute approximate surface area is 148 Å². The highest BCUT2D eigenvalue weighted by molar-refractivity contribution is 5.85. The minimum absolute atomic E-state index is 0.533. The van der Waals surface area contributed by atoms with E-state index in [1.807, 2.05) is 12.4 Å². The normalized spacial score (nSPS) is 21.2. The van der Waals surface area contributed by atoms with Crippen molar-refractivity contribution < 1.29 is 0 Å². The smallest absolute Gasteiger partial charge is 0.0499 e. The van der Waals surface area contributed by atoms with Crippen molar-refractivity contribution in [1.82, 2.24) is 19.8 Å². The van der Waals surface area contributed by atoms with E-state index in [4.69, 9.17) is 0 Å². The van der Waals surface area contributed by atoms with Crippen molar-refractivity contribution in [1.29, 1.82) is 0 Å². The predicted molar refractivity (Wildman–Crippen MR) is 101 cm³/mol. The molecular weight excluding hydrogens is 308 g/mol. The molecule has 2 aliphatic heterocycles. The third kappa shape index (κ3) is 2.75. The molecule has 128 valence electrons. The monoisotopic (exact) mass is 332 g/mol. The Morgan fingerprint density at radius 3 is 2.84 bits per heavy atom. The largest absolute Gasteiger partial charge is 0.358 e. The number of nitrogens with zero attached hydrogens (tertiary/aromatic N) is 3. The summed E-state index contributed by atoms with van der Waals surface area (Å²) in [4.78, 5) is 13.1. The van der Waals surface area contributed by atoms with Gasteiger partial charge in [0.15, 0.2) is 0 Å². The summed E-state index contributed by atoms with van der Waals surface area (Å²) >= 11 is 0. The van der Waals surface area contributed by atoms with Crippen LogP contribution in [0.3, 0.4) is 0 Å². The zero-order valence-electron chi connectivity index (χ0n) is 14.5. The number of nitrogens with one attached hydrogen (secondary N) is 1. The van der Waals surface area contributed by atoms with Crippen molar-refractivity contribution >= 4 is 10.9 Å². The van der Waals surface area contributed by atoms with E-state index < -0.39 is 0 Å². The van der Waals surface area contributed by atoms with Gasteiger partial charge in [-0.05, 0) is 35.7 Å². The van der Waals surface area contributed by atoms with Crippen LogP contribution >= 0.6 is 0 Å². The molecule has 4 nitrogen and oxygen atoms in total. The van der Waals surface area contributed by atoms with Gasteiger partial charge in [-0.3, -0.25) is 14.8 Å². The highest BCUT2D eigenvalue weighted by Crippen LogP contribution is 2.37. The molecule has 0 amide bonds. The summed E-state index contributed by atoms with van der Waals surface area (Å²) in [5.74, 6) is 0. The molecule has 0 bridgehead atoms. The van der Waals surface area contributed by atoms with Crippen LogP contribution < -0.4 is 0 Å². The number of benzene rings is 1. The van der Waals surface area contributed by atoms with E-state index in [1.165, 1.54) is 41.8 Å². The summed E-state index contributed by atoms with van der Waals surface area (Å²) in [5.41, 5.74) is 5.69. The summed E-state index contributed by atoms with van der Waals surface area (Å²) in [6, 6.07) is 13.6. The second-order valence-corrected chi connectivity index (χ2v) is 7.27. The van der Waals surface area contributed by atoms with Gasteiger partial charge in [0.25, 0.3) is 0 Å². The minimum Gasteiger partial charge on any atom is -0.358 e. The number of hydrogen-bond acceptors (Lipinski definition) is 3. The van der Waals surface area contributed by atoms with E-state index in [9.17, 15) is 0 Å². The highest BCUT2D eigenvalue weighted by Gasteiger charge is 2.34. The predicted octanol–water partition coefficient (Wildman–Crippen LogP) is 3.02. The third-order valence-electron chi connectivity index (χ3n) is 5.85. The summed E-state index contributed by atoms with van der Waals surface area (Å²) in [5, 5.41) is 1.42. The standard InChI is InChI=1S/C21H24N4/c1-2-4-18-17(3-1)21-19(23-18)8-12-25-14-13-24(15-20(21)25)11-7-16-5-9-22-10-6-16/h1-6,9-10,20,23H,7-8,11-15H2. The van der Waals surface area contributed by atoms with Gasteiger partial charge in [-0.2, -0.15) is 0 Å². The van der Waals surface area contributed by atoms with E-state index in [0.717, 1.165) is 25.9 Å². The quantitative estimate of drug-likeness (QED) is 0.801. The maximum Gasteiger partial charge on any atom is 0.0499 e. The SMILES string of the molecule is c1ccc2c3c([nH]c2c1)CCN1CCN(CCc2ccncc2)CC31. The first-order valence-corrected chi connectivity index (χ1v) is 9.33. The van der Waals surface area contributed by atoms with Crippen LogP contribution in [0.25, 0.3) is 10.9 Å². The molecule has 0 radical (unpaired) electrons. The molecular formula is C21H24N4. The van der Waals surface area contributed by atoms with E-state index in [1.54, 1.807) is 5.56 Å². The van der Waals surface area contributed by atoms with Crippen LogP contribution in [0.15, 0.2) is 48.8 Å². The molecule has 4 heterocycles. The summed E-state index contributed by atoms with van der Waals surface area (Å²) in [6.07, 6.45) is 6.05. The van der Waals surface area contributed by atoms with E-state index in [0.29, 0.717) is 6.04 Å². The number of hydrogen-bond donors (Lipinski definition) is 1. The number of para-hydroxylation sites is 1. The minimum atomic E-state index is 0.533. The molecule has 1 saturated heterocycles. The fourth-order valence-corrected chi connectivity index (χ4v) is 4.51. The molecule has 3 aromatic rings. The molecule has 0 saturated carbocycles. The van der Waals surface area contributed by atoms with Gasteiger partial charge in [-0.25, -0.2) is 0 Å². The van der Waals surface area contributed by atoms with Crippen molar-refractivity contribution in [3.63, 3.8) is 0 Å². The first-order valence-electron chi connectivity index (χ1n) is 9.33. The maximum absolute atomic E-state index is 4.12. The molecule has 0 aliphatic carbocycles. The van der Waals surface area contributed by atoms with Crippen LogP contribution in [0.5, 0.6) is 0 Å². The number of pyridine rings is 1. The zero-order valence-corrected chi connectivity index (χ0v) is 14.5. The van der Waals surface area contributed by atoms with E-state index in [-0.39, 0.29) is 0 Å². The van der Waals surface area contributed by atoms with Gasteiger partial charge in [-0.15, -0.1) is 0 Å². The molecule has 5 rings (SSSR count). The van der Waals surface area contributed by atoms with Crippen LogP contribution in [0.1, 0.15) is 22.9 Å². The van der Waals surface area contributed by atoms with Crippen molar-refractivity contribution in [2.45, 2.75) is 18.9 Å². The number of fused-ring (bicyclic) bond motifs is 5. The lowest BCUT2D eigenvalue weighted by atomic mass is 9.93. The van der Waals surface area contributed by atoms with Crippen LogP contribution in [-0.4, -0.2) is 52.5 Å². The van der Waals surface area contributed by atoms with Crippen molar-refractivity contribution in [2.24, 2.45) is 0 Å².